The summed E-state index contributed by atoms with van der Waals surface area (Å²) in [5.74, 6) is 2.40. The molecule has 2 saturated heterocycles. The van der Waals surface area contributed by atoms with Crippen molar-refractivity contribution in [1.82, 2.24) is 9.80 Å². The van der Waals surface area contributed by atoms with Gasteiger partial charge in [0, 0.05) is 13.1 Å². The van der Waals surface area contributed by atoms with Gasteiger partial charge in [-0.1, -0.05) is 12.1 Å². The van der Waals surface area contributed by atoms with E-state index in [-0.39, 0.29) is 12.2 Å². The number of para-hydroxylation sites is 2. The third kappa shape index (κ3) is 4.00. The first-order valence-electron chi connectivity index (χ1n) is 9.30. The van der Waals surface area contributed by atoms with Crippen molar-refractivity contribution in [2.45, 2.75) is 25.4 Å². The summed E-state index contributed by atoms with van der Waals surface area (Å²) in [6, 6.07) is 7.87. The van der Waals surface area contributed by atoms with Crippen molar-refractivity contribution in [2.24, 2.45) is 5.92 Å². The number of hydrogen-bond donors (Lipinski definition) is 0. The third-order valence-electron chi connectivity index (χ3n) is 5.39. The largest absolute Gasteiger partial charge is 0.486 e. The van der Waals surface area contributed by atoms with Gasteiger partial charge in [-0.05, 0) is 50.4 Å². The Kier molecular flexibility index (Phi) is 4.97. The molecule has 6 heteroatoms. The van der Waals surface area contributed by atoms with Gasteiger partial charge in [-0.2, -0.15) is 0 Å². The number of likely N-dealkylation sites (tertiary alicyclic amines) is 1. The maximum absolute atomic E-state index is 11.5. The lowest BCUT2D eigenvalue weighted by molar-refractivity contribution is 0.0467. The molecule has 6 nitrogen and oxygen atoms in total. The molecule has 0 spiro atoms. The van der Waals surface area contributed by atoms with Gasteiger partial charge in [0.2, 0.25) is 0 Å². The van der Waals surface area contributed by atoms with Crippen LogP contribution in [0.3, 0.4) is 0 Å². The molecular weight excluding hydrogens is 320 g/mol. The number of rotatable bonds is 5. The Balaban J connectivity index is 1.19. The molecule has 0 aromatic heterocycles. The van der Waals surface area contributed by atoms with Gasteiger partial charge < -0.3 is 19.1 Å². The second-order valence-corrected chi connectivity index (χ2v) is 7.13. The molecular formula is C19H26N2O4. The number of benzene rings is 1. The van der Waals surface area contributed by atoms with E-state index in [1.54, 1.807) is 0 Å². The second kappa shape index (κ2) is 7.52. The lowest BCUT2D eigenvalue weighted by Crippen LogP contribution is -2.44. The molecule has 0 unspecified atom stereocenters. The molecule has 0 radical (unpaired) electrons. The lowest BCUT2D eigenvalue weighted by atomic mass is 9.93. The van der Waals surface area contributed by atoms with E-state index in [9.17, 15) is 4.79 Å². The minimum Gasteiger partial charge on any atom is -0.486 e. The van der Waals surface area contributed by atoms with Gasteiger partial charge in [-0.3, -0.25) is 4.90 Å². The highest BCUT2D eigenvalue weighted by atomic mass is 16.6. The van der Waals surface area contributed by atoms with Crippen LogP contribution in [0, 0.1) is 5.92 Å². The second-order valence-electron chi connectivity index (χ2n) is 7.13. The van der Waals surface area contributed by atoms with E-state index in [1.807, 2.05) is 29.2 Å². The fourth-order valence-corrected chi connectivity index (χ4v) is 3.87. The average molecular weight is 346 g/mol. The minimum atomic E-state index is -0.146. The van der Waals surface area contributed by atoms with E-state index >= 15 is 0 Å². The average Bonchev–Trinajstić information content (AvgIpc) is 3.06. The van der Waals surface area contributed by atoms with Crippen LogP contribution in [0.15, 0.2) is 24.3 Å². The lowest BCUT2D eigenvalue weighted by Gasteiger charge is -2.36. The Hall–Kier alpha value is -1.95. The monoisotopic (exact) mass is 346 g/mol. The van der Waals surface area contributed by atoms with Gasteiger partial charge in [0.1, 0.15) is 19.3 Å². The van der Waals surface area contributed by atoms with E-state index < -0.39 is 0 Å². The molecule has 1 amide bonds. The van der Waals surface area contributed by atoms with Gasteiger partial charge in [0.25, 0.3) is 0 Å². The van der Waals surface area contributed by atoms with Crippen LogP contribution in [-0.2, 0) is 4.74 Å². The predicted octanol–water partition coefficient (Wildman–Crippen LogP) is 2.38. The predicted molar refractivity (Wildman–Crippen MR) is 93.1 cm³/mol. The van der Waals surface area contributed by atoms with Crippen LogP contribution in [0.5, 0.6) is 11.5 Å². The number of fused-ring (bicyclic) bond motifs is 1. The zero-order valence-electron chi connectivity index (χ0n) is 14.6. The number of ether oxygens (including phenoxy) is 3. The number of piperidine rings is 1. The maximum atomic E-state index is 11.5. The summed E-state index contributed by atoms with van der Waals surface area (Å²) >= 11 is 0. The standard InChI is InChI=1S/C19H26N2O4/c22-19-21(11-12-23-19)10-7-15-5-8-20(9-6-15)13-16-14-24-17-3-1-2-4-18(17)25-16/h1-4,15-16H,5-14H2/t16-/m0/s1. The Morgan fingerprint density at radius 1 is 1.04 bits per heavy atom. The summed E-state index contributed by atoms with van der Waals surface area (Å²) in [6.45, 7) is 5.85. The summed E-state index contributed by atoms with van der Waals surface area (Å²) in [5, 5.41) is 0. The SMILES string of the molecule is O=C1OCCN1CCC1CCN(C[C@H]2COc3ccccc3O2)CC1. The topological polar surface area (TPSA) is 51.2 Å². The third-order valence-corrected chi connectivity index (χ3v) is 5.39. The van der Waals surface area contributed by atoms with Gasteiger partial charge in [-0.25, -0.2) is 4.79 Å². The van der Waals surface area contributed by atoms with E-state index in [4.69, 9.17) is 14.2 Å². The maximum Gasteiger partial charge on any atom is 0.409 e. The van der Waals surface area contributed by atoms with Crippen LogP contribution in [-0.4, -0.2) is 67.9 Å². The molecule has 0 N–H and O–H groups in total. The smallest absolute Gasteiger partial charge is 0.409 e. The van der Waals surface area contributed by atoms with E-state index in [2.05, 4.69) is 4.90 Å². The molecule has 2 fully saturated rings. The van der Waals surface area contributed by atoms with E-state index in [0.717, 1.165) is 50.6 Å². The highest BCUT2D eigenvalue weighted by molar-refractivity contribution is 5.69. The summed E-state index contributed by atoms with van der Waals surface area (Å²) < 4.78 is 16.9. The van der Waals surface area contributed by atoms with Crippen molar-refractivity contribution in [3.05, 3.63) is 24.3 Å². The molecule has 1 aromatic carbocycles. The number of carbonyl (C=O) groups is 1. The Bertz CT molecular complexity index is 601. The first-order chi connectivity index (χ1) is 12.3. The summed E-state index contributed by atoms with van der Waals surface area (Å²) in [7, 11) is 0. The molecule has 136 valence electrons. The molecule has 3 aliphatic heterocycles. The molecule has 1 aromatic rings. The molecule has 3 aliphatic rings. The van der Waals surface area contributed by atoms with Crippen LogP contribution < -0.4 is 9.47 Å². The van der Waals surface area contributed by atoms with Gasteiger partial charge >= 0.3 is 6.09 Å². The quantitative estimate of drug-likeness (QED) is 0.819. The molecule has 4 rings (SSSR count). The van der Waals surface area contributed by atoms with Crippen molar-refractivity contribution < 1.29 is 19.0 Å². The van der Waals surface area contributed by atoms with Gasteiger partial charge in [0.05, 0.1) is 6.54 Å². The molecule has 0 bridgehead atoms. The number of hydrogen-bond acceptors (Lipinski definition) is 5. The normalized spacial score (nSPS) is 24.4. The molecule has 0 saturated carbocycles. The number of amides is 1. The van der Waals surface area contributed by atoms with Crippen LogP contribution in [0.2, 0.25) is 0 Å². The van der Waals surface area contributed by atoms with E-state index in [0.29, 0.717) is 19.1 Å². The Labute approximate surface area is 148 Å². The molecule has 0 aliphatic carbocycles. The summed E-state index contributed by atoms with van der Waals surface area (Å²) in [4.78, 5) is 15.8. The van der Waals surface area contributed by atoms with Crippen LogP contribution in [0.1, 0.15) is 19.3 Å². The van der Waals surface area contributed by atoms with Crippen molar-refractivity contribution in [1.29, 1.82) is 0 Å². The highest BCUT2D eigenvalue weighted by Crippen LogP contribution is 2.31. The Morgan fingerprint density at radius 2 is 1.84 bits per heavy atom. The summed E-state index contributed by atoms with van der Waals surface area (Å²) in [6.07, 6.45) is 3.41. The summed E-state index contributed by atoms with van der Waals surface area (Å²) in [5.41, 5.74) is 0. The fraction of sp³-hybridized carbons (Fsp3) is 0.632. The Morgan fingerprint density at radius 3 is 2.60 bits per heavy atom. The number of nitrogens with zero attached hydrogens (tertiary/aromatic N) is 2. The number of carbonyl (C=O) groups excluding carboxylic acids is 1. The van der Waals surface area contributed by atoms with Crippen LogP contribution >= 0.6 is 0 Å². The van der Waals surface area contributed by atoms with Crippen LogP contribution in [0.4, 0.5) is 4.79 Å². The molecule has 25 heavy (non-hydrogen) atoms. The first-order valence-corrected chi connectivity index (χ1v) is 9.30. The van der Waals surface area contributed by atoms with E-state index in [1.165, 1.54) is 12.8 Å². The minimum absolute atomic E-state index is 0.103. The number of cyclic esters (lactones) is 1. The zero-order valence-corrected chi connectivity index (χ0v) is 14.6. The first kappa shape index (κ1) is 16.5. The highest BCUT2D eigenvalue weighted by Gasteiger charge is 2.27. The van der Waals surface area contributed by atoms with Crippen molar-refractivity contribution >= 4 is 6.09 Å². The van der Waals surface area contributed by atoms with Crippen molar-refractivity contribution in [3.63, 3.8) is 0 Å². The fourth-order valence-electron chi connectivity index (χ4n) is 3.87. The molecule has 1 atom stereocenters. The molecule has 3 heterocycles. The van der Waals surface area contributed by atoms with Crippen molar-refractivity contribution in [3.8, 4) is 11.5 Å². The zero-order chi connectivity index (χ0) is 17.1. The van der Waals surface area contributed by atoms with Crippen molar-refractivity contribution in [2.75, 3.05) is 45.9 Å². The van der Waals surface area contributed by atoms with Crippen LogP contribution in [0.25, 0.3) is 0 Å². The van der Waals surface area contributed by atoms with Gasteiger partial charge in [0.15, 0.2) is 11.5 Å². The van der Waals surface area contributed by atoms with Gasteiger partial charge in [-0.15, -0.1) is 0 Å².